The Labute approximate surface area is 431 Å². The molecule has 0 amide bonds. The van der Waals surface area contributed by atoms with Crippen molar-refractivity contribution in [1.82, 2.24) is 0 Å². The van der Waals surface area contributed by atoms with E-state index in [1.165, 1.54) is 257 Å². The van der Waals surface area contributed by atoms with Crippen molar-refractivity contribution in [3.8, 4) is 0 Å². The zero-order chi connectivity index (χ0) is 50.0. The number of carbonyl (C=O) groups excluding carboxylic acids is 3. The Kier molecular flexibility index (Phi) is 57.1. The van der Waals surface area contributed by atoms with Crippen molar-refractivity contribution in [2.75, 3.05) is 13.2 Å². The molecule has 0 spiro atoms. The number of ether oxygens (including phenoxy) is 3. The van der Waals surface area contributed by atoms with Gasteiger partial charge in [0, 0.05) is 19.3 Å². The maximum Gasteiger partial charge on any atom is 0.306 e. The molecule has 0 aliphatic rings. The Morgan fingerprint density at radius 1 is 0.275 bits per heavy atom. The molecule has 0 saturated carbocycles. The van der Waals surface area contributed by atoms with Crippen LogP contribution in [0.2, 0.25) is 0 Å². The molecule has 1 unspecified atom stereocenters. The van der Waals surface area contributed by atoms with Gasteiger partial charge in [0.05, 0.1) is 0 Å². The molecule has 0 aliphatic carbocycles. The van der Waals surface area contributed by atoms with Gasteiger partial charge < -0.3 is 14.2 Å². The maximum absolute atomic E-state index is 12.8. The summed E-state index contributed by atoms with van der Waals surface area (Å²) in [7, 11) is 0. The van der Waals surface area contributed by atoms with Crippen molar-refractivity contribution < 1.29 is 28.6 Å². The topological polar surface area (TPSA) is 78.9 Å². The van der Waals surface area contributed by atoms with Crippen molar-refractivity contribution >= 4 is 17.9 Å². The van der Waals surface area contributed by atoms with E-state index in [-0.39, 0.29) is 31.1 Å². The quantitative estimate of drug-likeness (QED) is 0.0261. The van der Waals surface area contributed by atoms with Gasteiger partial charge in [-0.15, -0.1) is 0 Å². The molecular weight excluding hydrogens is 853 g/mol. The zero-order valence-corrected chi connectivity index (χ0v) is 46.9. The van der Waals surface area contributed by atoms with Crippen molar-refractivity contribution in [2.45, 2.75) is 361 Å². The van der Waals surface area contributed by atoms with Crippen LogP contribution in [0, 0.1) is 0 Å². The molecule has 0 aromatic carbocycles. The summed E-state index contributed by atoms with van der Waals surface area (Å²) in [6.45, 7) is 6.63. The summed E-state index contributed by atoms with van der Waals surface area (Å²) in [4.78, 5) is 37.9. The average Bonchev–Trinajstić information content (AvgIpc) is 3.35. The smallest absolute Gasteiger partial charge is 0.306 e. The molecule has 0 heterocycles. The van der Waals surface area contributed by atoms with Gasteiger partial charge >= 0.3 is 17.9 Å². The van der Waals surface area contributed by atoms with Gasteiger partial charge in [-0.1, -0.05) is 303 Å². The first kappa shape index (κ1) is 67.1. The number of hydrogen-bond acceptors (Lipinski definition) is 6. The van der Waals surface area contributed by atoms with Crippen molar-refractivity contribution in [1.29, 1.82) is 0 Å². The van der Waals surface area contributed by atoms with E-state index in [0.29, 0.717) is 19.3 Å². The first-order valence-electron chi connectivity index (χ1n) is 31.2. The molecule has 1 atom stereocenters. The second kappa shape index (κ2) is 58.7. The summed E-state index contributed by atoms with van der Waals surface area (Å²) < 4.78 is 16.8. The molecule has 0 rings (SSSR count). The van der Waals surface area contributed by atoms with E-state index in [1.807, 2.05) is 0 Å². The second-order valence-corrected chi connectivity index (χ2v) is 21.3. The minimum absolute atomic E-state index is 0.0668. The third-order valence-electron chi connectivity index (χ3n) is 14.3. The first-order valence-corrected chi connectivity index (χ1v) is 31.2. The Morgan fingerprint density at radius 3 is 0.725 bits per heavy atom. The number of esters is 3. The van der Waals surface area contributed by atoms with Crippen LogP contribution in [0.5, 0.6) is 0 Å². The van der Waals surface area contributed by atoms with Crippen molar-refractivity contribution in [2.24, 2.45) is 0 Å². The molecule has 0 aromatic rings. The van der Waals surface area contributed by atoms with Gasteiger partial charge in [-0.25, -0.2) is 0 Å². The molecule has 0 N–H and O–H groups in total. The van der Waals surface area contributed by atoms with E-state index in [4.69, 9.17) is 14.2 Å². The van der Waals surface area contributed by atoms with Crippen LogP contribution in [0.15, 0.2) is 12.2 Å². The van der Waals surface area contributed by atoms with Crippen molar-refractivity contribution in [3.05, 3.63) is 12.2 Å². The van der Waals surface area contributed by atoms with Crippen LogP contribution in [-0.4, -0.2) is 37.2 Å². The van der Waals surface area contributed by atoms with Gasteiger partial charge in [-0.3, -0.25) is 14.4 Å². The molecule has 408 valence electrons. The summed E-state index contributed by atoms with van der Waals surface area (Å²) in [6, 6.07) is 0. The molecule has 0 aliphatic heterocycles. The van der Waals surface area contributed by atoms with Gasteiger partial charge in [0.15, 0.2) is 6.10 Å². The highest BCUT2D eigenvalue weighted by molar-refractivity contribution is 5.71. The van der Waals surface area contributed by atoms with Gasteiger partial charge in [0.2, 0.25) is 0 Å². The fraction of sp³-hybridized carbons (Fsp3) is 0.921. The summed E-state index contributed by atoms with van der Waals surface area (Å²) in [5.41, 5.74) is 0. The molecule has 0 bridgehead atoms. The Morgan fingerprint density at radius 2 is 0.478 bits per heavy atom. The van der Waals surface area contributed by atoms with Crippen LogP contribution in [0.3, 0.4) is 0 Å². The largest absolute Gasteiger partial charge is 0.462 e. The fourth-order valence-corrected chi connectivity index (χ4v) is 9.56. The van der Waals surface area contributed by atoms with Gasteiger partial charge in [0.1, 0.15) is 13.2 Å². The van der Waals surface area contributed by atoms with Gasteiger partial charge in [-0.2, -0.15) is 0 Å². The molecule has 0 radical (unpaired) electrons. The minimum Gasteiger partial charge on any atom is -0.462 e. The lowest BCUT2D eigenvalue weighted by Gasteiger charge is -2.18. The summed E-state index contributed by atoms with van der Waals surface area (Å²) in [5.74, 6) is -0.858. The molecule has 0 fully saturated rings. The zero-order valence-electron chi connectivity index (χ0n) is 46.9. The Hall–Kier alpha value is -1.85. The van der Waals surface area contributed by atoms with Gasteiger partial charge in [-0.05, 0) is 44.9 Å². The predicted molar refractivity (Wildman–Crippen MR) is 298 cm³/mol. The number of rotatable bonds is 58. The molecule has 0 saturated heterocycles. The van der Waals surface area contributed by atoms with E-state index in [0.717, 1.165) is 57.8 Å². The summed E-state index contributed by atoms with van der Waals surface area (Å²) in [6.07, 6.45) is 68.4. The number of unbranched alkanes of at least 4 members (excludes halogenated alkanes) is 45. The minimum atomic E-state index is -0.765. The van der Waals surface area contributed by atoms with Crippen LogP contribution < -0.4 is 0 Å². The van der Waals surface area contributed by atoms with Crippen LogP contribution >= 0.6 is 0 Å². The second-order valence-electron chi connectivity index (χ2n) is 21.3. The highest BCUT2D eigenvalue weighted by atomic mass is 16.6. The molecule has 69 heavy (non-hydrogen) atoms. The third kappa shape index (κ3) is 56.9. The van der Waals surface area contributed by atoms with Crippen molar-refractivity contribution in [3.63, 3.8) is 0 Å². The first-order chi connectivity index (χ1) is 34.0. The predicted octanol–water partition coefficient (Wildman–Crippen LogP) is 20.9. The van der Waals surface area contributed by atoms with E-state index < -0.39 is 6.10 Å². The van der Waals surface area contributed by atoms with Crippen LogP contribution in [0.4, 0.5) is 0 Å². The average molecular weight is 974 g/mol. The monoisotopic (exact) mass is 973 g/mol. The van der Waals surface area contributed by atoms with Gasteiger partial charge in [0.25, 0.3) is 0 Å². The summed E-state index contributed by atoms with van der Waals surface area (Å²) >= 11 is 0. The molecular formula is C63H120O6. The lowest BCUT2D eigenvalue weighted by Crippen LogP contribution is -2.30. The van der Waals surface area contributed by atoms with Crippen LogP contribution in [0.1, 0.15) is 355 Å². The lowest BCUT2D eigenvalue weighted by molar-refractivity contribution is -0.167. The highest BCUT2D eigenvalue weighted by Crippen LogP contribution is 2.18. The third-order valence-corrected chi connectivity index (χ3v) is 14.3. The molecule has 0 aromatic heterocycles. The van der Waals surface area contributed by atoms with E-state index in [9.17, 15) is 14.4 Å². The lowest BCUT2D eigenvalue weighted by atomic mass is 10.0. The van der Waals surface area contributed by atoms with E-state index >= 15 is 0 Å². The Balaban J connectivity index is 3.98. The molecule has 6 nitrogen and oxygen atoms in total. The molecule has 6 heteroatoms. The number of carbonyl (C=O) groups is 3. The SMILES string of the molecule is CCCCCCCC/C=C\CCCCCCCCCC(=O)OC(COC(=O)CCCCCCCC)COC(=O)CCCCCCCCCCCCCCCCCCCCCCCCCCCCCC. The highest BCUT2D eigenvalue weighted by Gasteiger charge is 2.19. The summed E-state index contributed by atoms with van der Waals surface area (Å²) in [5, 5.41) is 0. The number of hydrogen-bond donors (Lipinski definition) is 0. The standard InChI is InChI=1S/C63H120O6/c1-4-7-10-13-16-18-20-22-24-26-27-28-29-30-31-32-33-34-35-36-38-39-41-43-45-47-50-53-56-62(65)68-59-60(58-67-61(64)55-52-49-15-12-9-6-3)69-63(66)57-54-51-48-46-44-42-40-37-25-23-21-19-17-14-11-8-5-2/h23,25,60H,4-22,24,26-59H2,1-3H3/b25-23-. The fourth-order valence-electron chi connectivity index (χ4n) is 9.56. The van der Waals surface area contributed by atoms with E-state index in [2.05, 4.69) is 32.9 Å². The maximum atomic E-state index is 12.8. The van der Waals surface area contributed by atoms with Crippen LogP contribution in [0.25, 0.3) is 0 Å². The normalized spacial score (nSPS) is 12.0. The van der Waals surface area contributed by atoms with Crippen LogP contribution in [-0.2, 0) is 28.6 Å². The van der Waals surface area contributed by atoms with E-state index in [1.54, 1.807) is 0 Å². The Bertz CT molecular complexity index is 1070. The number of allylic oxidation sites excluding steroid dienone is 2.